The fraction of sp³-hybridized carbons (Fsp3) is 0.320. The summed E-state index contributed by atoms with van der Waals surface area (Å²) in [6, 6.07) is 17.0. The van der Waals surface area contributed by atoms with Crippen molar-refractivity contribution in [1.29, 1.82) is 0 Å². The molecule has 9 nitrogen and oxygen atoms in total. The third kappa shape index (κ3) is 4.60. The van der Waals surface area contributed by atoms with Crippen molar-refractivity contribution in [2.75, 3.05) is 12.4 Å². The summed E-state index contributed by atoms with van der Waals surface area (Å²) >= 11 is 0. The molecule has 1 fully saturated rings. The third-order valence-corrected chi connectivity index (χ3v) is 6.42. The molecule has 7 N–H and O–H groups in total. The fourth-order valence-electron chi connectivity index (χ4n) is 4.65. The number of amidine groups is 1. The van der Waals surface area contributed by atoms with Gasteiger partial charge in [-0.3, -0.25) is 0 Å². The smallest absolute Gasteiger partial charge is 0.243 e. The molecule has 2 aromatic heterocycles. The number of aromatic amines is 2. The number of hydrogen-bond acceptors (Lipinski definition) is 5. The Hall–Kier alpha value is -3.85. The molecular weight excluding hydrogens is 426 g/mol. The molecule has 1 aliphatic carbocycles. The maximum absolute atomic E-state index is 6.13. The number of hydrogen-bond donors (Lipinski definition) is 4. The fourth-order valence-corrected chi connectivity index (χ4v) is 4.65. The molecule has 34 heavy (non-hydrogen) atoms. The number of aromatic nitrogens is 3. The van der Waals surface area contributed by atoms with Crippen LogP contribution >= 0.6 is 0 Å². The van der Waals surface area contributed by atoms with Gasteiger partial charge in [-0.15, -0.1) is 5.10 Å². The van der Waals surface area contributed by atoms with E-state index in [2.05, 4.69) is 42.9 Å². The van der Waals surface area contributed by atoms with E-state index in [1.807, 2.05) is 36.4 Å². The Balaban J connectivity index is 1.59. The van der Waals surface area contributed by atoms with Crippen molar-refractivity contribution in [3.63, 3.8) is 0 Å². The number of rotatable bonds is 6. The van der Waals surface area contributed by atoms with Crippen molar-refractivity contribution < 1.29 is 4.98 Å². The quantitative estimate of drug-likeness (QED) is 0.152. The van der Waals surface area contributed by atoms with E-state index in [4.69, 9.17) is 16.5 Å². The molecule has 9 heteroatoms. The van der Waals surface area contributed by atoms with Crippen molar-refractivity contribution in [2.24, 2.45) is 26.9 Å². The third-order valence-electron chi connectivity index (χ3n) is 6.42. The largest absolute Gasteiger partial charge is 0.382 e. The Kier molecular flexibility index (Phi) is 6.18. The highest BCUT2D eigenvalue weighted by atomic mass is 15.4. The van der Waals surface area contributed by atoms with Gasteiger partial charge in [-0.05, 0) is 42.5 Å². The molecule has 0 saturated heterocycles. The zero-order valence-corrected chi connectivity index (χ0v) is 19.3. The van der Waals surface area contributed by atoms with Crippen LogP contribution in [0.25, 0.3) is 21.9 Å². The summed E-state index contributed by atoms with van der Waals surface area (Å²) in [6.45, 7) is 0. The molecule has 0 radical (unpaired) electrons. The molecule has 0 unspecified atom stereocenters. The van der Waals surface area contributed by atoms with Crippen LogP contribution in [0.1, 0.15) is 42.6 Å². The summed E-state index contributed by atoms with van der Waals surface area (Å²) in [7, 11) is 1.56. The second-order valence-electron chi connectivity index (χ2n) is 8.86. The molecule has 0 aliphatic heterocycles. The molecule has 174 valence electrons. The first-order valence-corrected chi connectivity index (χ1v) is 11.7. The summed E-state index contributed by atoms with van der Waals surface area (Å²) in [4.78, 5) is 12.0. The standard InChI is InChI=1S/C25H29N9/c1-28-34-33-23(27)16-7-12-19-20(14-16)30-25-22(19)24(29-18-10-8-17(26)9-11-18)31-21(32-25)13-15-5-3-2-4-6-15/h2-7,12,14,17-18H,8-11,13,26H2,1H3,(H2,27,28,33)(H2,29,30,31,32)/p+1. The lowest BCUT2D eigenvalue weighted by atomic mass is 9.92. The Labute approximate surface area is 197 Å². The van der Waals surface area contributed by atoms with E-state index in [9.17, 15) is 0 Å². The van der Waals surface area contributed by atoms with E-state index >= 15 is 0 Å². The minimum atomic E-state index is 0.305. The van der Waals surface area contributed by atoms with Crippen LogP contribution in [0.3, 0.4) is 0 Å². The number of H-pyrrole nitrogens is 2. The van der Waals surface area contributed by atoms with Crippen LogP contribution in [-0.4, -0.2) is 34.9 Å². The molecule has 5 rings (SSSR count). The maximum atomic E-state index is 6.13. The van der Waals surface area contributed by atoms with Gasteiger partial charge in [0, 0.05) is 22.5 Å². The zero-order chi connectivity index (χ0) is 23.5. The highest BCUT2D eigenvalue weighted by molar-refractivity contribution is 6.12. The molecule has 0 spiro atoms. The number of anilines is 1. The Bertz CT molecular complexity index is 1350. The molecule has 2 aromatic carbocycles. The molecule has 2 heterocycles. The second kappa shape index (κ2) is 9.56. The van der Waals surface area contributed by atoms with Crippen LogP contribution in [0.5, 0.6) is 0 Å². The van der Waals surface area contributed by atoms with Crippen LogP contribution in [0.15, 0.2) is 64.0 Å². The summed E-state index contributed by atoms with van der Waals surface area (Å²) < 4.78 is 0. The van der Waals surface area contributed by atoms with Gasteiger partial charge in [0.25, 0.3) is 0 Å². The van der Waals surface area contributed by atoms with Gasteiger partial charge in [0.1, 0.15) is 5.39 Å². The number of fused-ring (bicyclic) bond motifs is 3. The first-order chi connectivity index (χ1) is 16.6. The van der Waals surface area contributed by atoms with Gasteiger partial charge in [0.2, 0.25) is 17.3 Å². The molecule has 1 aliphatic rings. The van der Waals surface area contributed by atoms with Gasteiger partial charge in [-0.2, -0.15) is 5.11 Å². The number of nitrogens with one attached hydrogen (secondary N) is 3. The van der Waals surface area contributed by atoms with Crippen LogP contribution in [0.4, 0.5) is 5.82 Å². The first-order valence-electron chi connectivity index (χ1n) is 11.7. The minimum Gasteiger partial charge on any atom is -0.382 e. The van der Waals surface area contributed by atoms with E-state index in [0.29, 0.717) is 24.3 Å². The average molecular weight is 457 g/mol. The van der Waals surface area contributed by atoms with Gasteiger partial charge in [-0.25, -0.2) is 4.98 Å². The van der Waals surface area contributed by atoms with Crippen LogP contribution in [0.2, 0.25) is 0 Å². The average Bonchev–Trinajstić information content (AvgIpc) is 3.22. The predicted molar refractivity (Wildman–Crippen MR) is 135 cm³/mol. The van der Waals surface area contributed by atoms with Crippen molar-refractivity contribution >= 4 is 33.6 Å². The lowest BCUT2D eigenvalue weighted by molar-refractivity contribution is -0.376. The van der Waals surface area contributed by atoms with Crippen molar-refractivity contribution in [1.82, 2.24) is 9.97 Å². The van der Waals surface area contributed by atoms with Crippen LogP contribution < -0.4 is 21.8 Å². The van der Waals surface area contributed by atoms with Gasteiger partial charge in [0.05, 0.1) is 19.5 Å². The lowest BCUT2D eigenvalue weighted by Crippen LogP contribution is -2.35. The molecular formula is C25H30N9+. The number of nitrogens with two attached hydrogens (primary N) is 2. The van der Waals surface area contributed by atoms with Gasteiger partial charge in [0.15, 0.2) is 5.84 Å². The van der Waals surface area contributed by atoms with E-state index in [0.717, 1.165) is 64.8 Å². The van der Waals surface area contributed by atoms with Crippen molar-refractivity contribution in [3.05, 3.63) is 65.5 Å². The normalized spacial score (nSPS) is 19.3. The molecule has 0 bridgehead atoms. The van der Waals surface area contributed by atoms with E-state index < -0.39 is 0 Å². The highest BCUT2D eigenvalue weighted by Crippen LogP contribution is 2.31. The van der Waals surface area contributed by atoms with Crippen LogP contribution in [-0.2, 0) is 6.42 Å². The van der Waals surface area contributed by atoms with E-state index in [1.165, 1.54) is 5.56 Å². The van der Waals surface area contributed by atoms with Crippen molar-refractivity contribution in [2.45, 2.75) is 44.2 Å². The van der Waals surface area contributed by atoms with Crippen LogP contribution in [0, 0.1) is 0 Å². The van der Waals surface area contributed by atoms with Gasteiger partial charge >= 0.3 is 0 Å². The Morgan fingerprint density at radius 3 is 2.71 bits per heavy atom. The summed E-state index contributed by atoms with van der Waals surface area (Å²) in [5.41, 5.74) is 16.0. The molecule has 4 aromatic rings. The lowest BCUT2D eigenvalue weighted by Gasteiger charge is -2.25. The second-order valence-corrected chi connectivity index (χ2v) is 8.86. The van der Waals surface area contributed by atoms with Gasteiger partial charge < -0.3 is 21.8 Å². The molecule has 0 amide bonds. The summed E-state index contributed by atoms with van der Waals surface area (Å²) in [5, 5.41) is 17.1. The topological polar surface area (TPSA) is 144 Å². The predicted octanol–water partition coefficient (Wildman–Crippen LogP) is 3.51. The SMILES string of the molecule is CN=NN=C(N)c1ccc2c(c1)[nH]c1nc(Cc3ccccc3)[nH+]c(NC3CCC(N)CC3)c12. The minimum absolute atomic E-state index is 0.305. The molecule has 0 atom stereocenters. The number of benzene rings is 2. The zero-order valence-electron chi connectivity index (χ0n) is 19.3. The monoisotopic (exact) mass is 456 g/mol. The van der Waals surface area contributed by atoms with Crippen molar-refractivity contribution in [3.8, 4) is 0 Å². The highest BCUT2D eigenvalue weighted by Gasteiger charge is 2.25. The summed E-state index contributed by atoms with van der Waals surface area (Å²) in [6.07, 6.45) is 4.89. The molecule has 1 saturated carbocycles. The maximum Gasteiger partial charge on any atom is 0.243 e. The number of nitrogens with zero attached hydrogens (tertiary/aromatic N) is 4. The van der Waals surface area contributed by atoms with E-state index in [-0.39, 0.29) is 0 Å². The van der Waals surface area contributed by atoms with E-state index in [1.54, 1.807) is 7.05 Å². The summed E-state index contributed by atoms with van der Waals surface area (Å²) in [5.74, 6) is 2.19. The van der Waals surface area contributed by atoms with Gasteiger partial charge in [-0.1, -0.05) is 47.4 Å². The Morgan fingerprint density at radius 1 is 1.15 bits per heavy atom. The Morgan fingerprint density at radius 2 is 1.94 bits per heavy atom. The first kappa shape index (κ1) is 22.0.